The highest BCUT2D eigenvalue weighted by Crippen LogP contribution is 2.30. The molecule has 1 saturated heterocycles. The Balaban J connectivity index is 1.83. The molecule has 2 aromatic carbocycles. The molecule has 2 heterocycles. The van der Waals surface area contributed by atoms with Gasteiger partial charge >= 0.3 is 0 Å². The molecule has 0 saturated carbocycles. The molecule has 3 aromatic rings. The monoisotopic (exact) mass is 462 g/mol. The third-order valence-corrected chi connectivity index (χ3v) is 7.06. The van der Waals surface area contributed by atoms with E-state index in [9.17, 15) is 4.79 Å². The molecule has 1 aromatic heterocycles. The van der Waals surface area contributed by atoms with E-state index < -0.39 is 0 Å². The molecule has 1 atom stereocenters. The summed E-state index contributed by atoms with van der Waals surface area (Å²) in [5.74, 6) is 1.85. The first-order chi connectivity index (χ1) is 16.5. The number of fused-ring (bicyclic) bond motifs is 1. The molecule has 182 valence electrons. The number of ether oxygens (including phenoxy) is 1. The second-order valence-corrected chi connectivity index (χ2v) is 9.43. The van der Waals surface area contributed by atoms with E-state index in [2.05, 4.69) is 36.8 Å². The Hall–Kier alpha value is -2.86. The fourth-order valence-electron chi connectivity index (χ4n) is 5.02. The Kier molecular flexibility index (Phi) is 7.88. The van der Waals surface area contributed by atoms with Crippen LogP contribution in [0.2, 0.25) is 0 Å². The minimum Gasteiger partial charge on any atom is -0.496 e. The number of rotatable bonds is 9. The molecule has 1 fully saturated rings. The van der Waals surface area contributed by atoms with Crippen LogP contribution in [0.1, 0.15) is 39.5 Å². The Labute approximate surface area is 203 Å². The molecule has 1 aliphatic rings. The molecule has 0 spiro atoms. The largest absolute Gasteiger partial charge is 0.496 e. The lowest BCUT2D eigenvalue weighted by Gasteiger charge is -2.32. The van der Waals surface area contributed by atoms with Gasteiger partial charge in [0.1, 0.15) is 11.6 Å². The zero-order valence-electron chi connectivity index (χ0n) is 21.1. The van der Waals surface area contributed by atoms with Crippen molar-refractivity contribution >= 4 is 16.6 Å². The van der Waals surface area contributed by atoms with Crippen LogP contribution in [-0.4, -0.2) is 54.8 Å². The summed E-state index contributed by atoms with van der Waals surface area (Å²) in [5, 5.41) is 0.683. The molecule has 34 heavy (non-hydrogen) atoms. The van der Waals surface area contributed by atoms with Gasteiger partial charge in [0.25, 0.3) is 5.56 Å². The first-order valence-electron chi connectivity index (χ1n) is 12.7. The molecule has 0 N–H and O–H groups in total. The van der Waals surface area contributed by atoms with Crippen molar-refractivity contribution in [2.45, 2.75) is 46.1 Å². The normalized spacial score (nSPS) is 16.6. The molecule has 0 bridgehead atoms. The van der Waals surface area contributed by atoms with Crippen LogP contribution in [0.15, 0.2) is 47.3 Å². The highest BCUT2D eigenvalue weighted by molar-refractivity contribution is 5.84. The Bertz CT molecular complexity index is 1170. The maximum Gasteiger partial charge on any atom is 0.261 e. The Morgan fingerprint density at radius 3 is 2.76 bits per heavy atom. The van der Waals surface area contributed by atoms with Gasteiger partial charge in [0.15, 0.2) is 0 Å². The van der Waals surface area contributed by atoms with Gasteiger partial charge in [-0.2, -0.15) is 0 Å². The van der Waals surface area contributed by atoms with Gasteiger partial charge in [-0.15, -0.1) is 0 Å². The summed E-state index contributed by atoms with van der Waals surface area (Å²) in [6.07, 6.45) is 4.57. The van der Waals surface area contributed by atoms with E-state index in [1.54, 1.807) is 7.11 Å². The minimum absolute atomic E-state index is 0.0327. The van der Waals surface area contributed by atoms with Gasteiger partial charge in [-0.1, -0.05) is 32.4 Å². The number of piperidine rings is 1. The van der Waals surface area contributed by atoms with E-state index in [1.807, 2.05) is 41.0 Å². The van der Waals surface area contributed by atoms with Gasteiger partial charge in [-0.05, 0) is 68.6 Å². The van der Waals surface area contributed by atoms with Crippen molar-refractivity contribution < 1.29 is 4.74 Å². The number of hydrogen-bond donors (Lipinski definition) is 0. The topological polar surface area (TPSA) is 50.6 Å². The van der Waals surface area contributed by atoms with Crippen LogP contribution in [0, 0.1) is 5.92 Å². The number of benzene rings is 2. The van der Waals surface area contributed by atoms with Crippen LogP contribution in [0.4, 0.5) is 5.69 Å². The van der Waals surface area contributed by atoms with Crippen LogP contribution in [0.5, 0.6) is 5.75 Å². The first-order valence-corrected chi connectivity index (χ1v) is 12.7. The summed E-state index contributed by atoms with van der Waals surface area (Å²) < 4.78 is 7.55. The van der Waals surface area contributed by atoms with Crippen molar-refractivity contribution in [2.75, 3.05) is 45.2 Å². The minimum atomic E-state index is 0.0327. The van der Waals surface area contributed by atoms with Crippen molar-refractivity contribution in [3.05, 3.63) is 52.8 Å². The first kappa shape index (κ1) is 24.3. The quantitative estimate of drug-likeness (QED) is 0.446. The average Bonchev–Trinajstić information content (AvgIpc) is 2.88. The van der Waals surface area contributed by atoms with Gasteiger partial charge in [0.2, 0.25) is 0 Å². The lowest BCUT2D eigenvalue weighted by atomic mass is 9.97. The summed E-state index contributed by atoms with van der Waals surface area (Å²) in [6.45, 7) is 9.26. The Morgan fingerprint density at radius 2 is 2.00 bits per heavy atom. The van der Waals surface area contributed by atoms with E-state index in [4.69, 9.17) is 9.72 Å². The molecule has 1 aliphatic heterocycles. The zero-order valence-corrected chi connectivity index (χ0v) is 21.1. The van der Waals surface area contributed by atoms with Crippen molar-refractivity contribution in [1.82, 2.24) is 14.5 Å². The molecule has 0 radical (unpaired) electrons. The molecule has 4 rings (SSSR count). The number of hydrogen-bond acceptors (Lipinski definition) is 5. The molecule has 6 heteroatoms. The van der Waals surface area contributed by atoms with E-state index in [0.29, 0.717) is 23.7 Å². The number of nitrogens with zero attached hydrogens (tertiary/aromatic N) is 4. The lowest BCUT2D eigenvalue weighted by molar-refractivity contribution is 0.169. The highest BCUT2D eigenvalue weighted by Gasteiger charge is 2.23. The second kappa shape index (κ2) is 11.0. The average molecular weight is 463 g/mol. The number of unbranched alkanes of at least 4 members (excludes halogenated alkanes) is 1. The number of likely N-dealkylation sites (tertiary alicyclic amines) is 1. The van der Waals surface area contributed by atoms with E-state index in [0.717, 1.165) is 68.0 Å². The van der Waals surface area contributed by atoms with Gasteiger partial charge in [0.05, 0.1) is 23.6 Å². The van der Waals surface area contributed by atoms with Crippen molar-refractivity contribution in [1.29, 1.82) is 0 Å². The van der Waals surface area contributed by atoms with Gasteiger partial charge < -0.3 is 14.5 Å². The summed E-state index contributed by atoms with van der Waals surface area (Å²) in [5.41, 5.74) is 2.68. The summed E-state index contributed by atoms with van der Waals surface area (Å²) in [7, 11) is 3.76. The van der Waals surface area contributed by atoms with E-state index in [1.165, 1.54) is 6.42 Å². The molecular weight excluding hydrogens is 424 g/mol. The van der Waals surface area contributed by atoms with E-state index >= 15 is 0 Å². The van der Waals surface area contributed by atoms with Crippen LogP contribution in [-0.2, 0) is 6.54 Å². The molecule has 0 aliphatic carbocycles. The van der Waals surface area contributed by atoms with Crippen LogP contribution in [0.3, 0.4) is 0 Å². The SMILES string of the molecule is CCCCN(C)c1ccc2nc(-c3ccccc3OC)n(CC3CCCN(CC)C3)c(=O)c2c1. The lowest BCUT2D eigenvalue weighted by Crippen LogP contribution is -2.38. The fourth-order valence-corrected chi connectivity index (χ4v) is 5.02. The third-order valence-electron chi connectivity index (χ3n) is 7.06. The van der Waals surface area contributed by atoms with Crippen LogP contribution >= 0.6 is 0 Å². The van der Waals surface area contributed by atoms with E-state index in [-0.39, 0.29) is 5.56 Å². The smallest absolute Gasteiger partial charge is 0.261 e. The molecular formula is C28H38N4O2. The predicted octanol–water partition coefficient (Wildman–Crippen LogP) is 5.04. The van der Waals surface area contributed by atoms with Crippen LogP contribution in [0.25, 0.3) is 22.3 Å². The Morgan fingerprint density at radius 1 is 1.18 bits per heavy atom. The fraction of sp³-hybridized carbons (Fsp3) is 0.500. The maximum absolute atomic E-state index is 14.0. The van der Waals surface area contributed by atoms with Crippen LogP contribution < -0.4 is 15.2 Å². The maximum atomic E-state index is 14.0. The number of aromatic nitrogens is 2. The van der Waals surface area contributed by atoms with Gasteiger partial charge in [-0.25, -0.2) is 4.98 Å². The summed E-state index contributed by atoms with van der Waals surface area (Å²) in [6, 6.07) is 13.9. The molecule has 1 unspecified atom stereocenters. The van der Waals surface area contributed by atoms with Gasteiger partial charge in [-0.3, -0.25) is 9.36 Å². The van der Waals surface area contributed by atoms with Crippen molar-refractivity contribution in [2.24, 2.45) is 5.92 Å². The zero-order chi connectivity index (χ0) is 24.1. The molecule has 6 nitrogen and oxygen atoms in total. The highest BCUT2D eigenvalue weighted by atomic mass is 16.5. The number of para-hydroxylation sites is 1. The molecule has 0 amide bonds. The summed E-state index contributed by atoms with van der Waals surface area (Å²) in [4.78, 5) is 23.7. The van der Waals surface area contributed by atoms with Crippen molar-refractivity contribution in [3.8, 4) is 17.1 Å². The number of methoxy groups -OCH3 is 1. The second-order valence-electron chi connectivity index (χ2n) is 9.43. The van der Waals surface area contributed by atoms with Gasteiger partial charge in [0, 0.05) is 32.4 Å². The third kappa shape index (κ3) is 5.12. The number of anilines is 1. The predicted molar refractivity (Wildman–Crippen MR) is 141 cm³/mol. The van der Waals surface area contributed by atoms with Crippen molar-refractivity contribution in [3.63, 3.8) is 0 Å². The standard InChI is InChI=1S/C28H38N4O2/c1-5-7-16-30(3)22-14-15-25-24(18-22)28(33)32(20-21-11-10-17-31(6-2)19-21)27(29-25)23-12-8-9-13-26(23)34-4/h8-9,12-15,18,21H,5-7,10-11,16-17,19-20H2,1-4H3. The summed E-state index contributed by atoms with van der Waals surface area (Å²) >= 11 is 0.